The number of urea groups is 1. The number of benzene rings is 2. The topological polar surface area (TPSA) is 105 Å². The summed E-state index contributed by atoms with van der Waals surface area (Å²) < 4.78 is 79.3. The van der Waals surface area contributed by atoms with Crippen LogP contribution in [0.15, 0.2) is 48.5 Å². The second-order valence-corrected chi connectivity index (χ2v) is 9.31. The summed E-state index contributed by atoms with van der Waals surface area (Å²) in [6, 6.07) is 10.4. The van der Waals surface area contributed by atoms with E-state index >= 15 is 0 Å². The summed E-state index contributed by atoms with van der Waals surface area (Å²) >= 11 is 0. The highest BCUT2D eigenvalue weighted by molar-refractivity contribution is 7.88. The van der Waals surface area contributed by atoms with Gasteiger partial charge in [-0.15, -0.1) is 0 Å². The molecule has 2 aromatic carbocycles. The highest BCUT2D eigenvalue weighted by Gasteiger charge is 2.35. The molecule has 0 saturated carbocycles. The lowest BCUT2D eigenvalue weighted by atomic mass is 10.2. The average Bonchev–Trinajstić information content (AvgIpc) is 3.16. The number of aryl methyl sites for hydroxylation is 1. The Morgan fingerprint density at radius 2 is 1.82 bits per heavy atom. The lowest BCUT2D eigenvalue weighted by molar-refractivity contribution is -0.141. The molecule has 182 valence electrons. The fourth-order valence-corrected chi connectivity index (χ4v) is 3.41. The number of hydrogen-bond donors (Lipinski definition) is 3. The standard InChI is InChI=1S/C21H21F4N5O3S/c1-13-4-3-5-16(8-13)30-17(10-19(29-30)21(23,24)25)12-26-20(31)28-15-7-6-14(18(22)9-15)11-27-34(2,32)33/h3-10,27H,11-12H2,1-2H3,(H2,26,28,31). The lowest BCUT2D eigenvalue weighted by Gasteiger charge is -2.11. The molecule has 0 aliphatic heterocycles. The number of sulfonamides is 1. The maximum atomic E-state index is 14.2. The van der Waals surface area contributed by atoms with Crippen LogP contribution >= 0.6 is 0 Å². The van der Waals surface area contributed by atoms with Crippen molar-refractivity contribution < 1.29 is 30.8 Å². The monoisotopic (exact) mass is 499 g/mol. The number of amides is 2. The molecule has 2 amide bonds. The van der Waals surface area contributed by atoms with E-state index in [2.05, 4.69) is 20.5 Å². The van der Waals surface area contributed by atoms with Crippen molar-refractivity contribution >= 4 is 21.7 Å². The molecule has 0 unspecified atom stereocenters. The third kappa shape index (κ3) is 6.78. The van der Waals surface area contributed by atoms with Gasteiger partial charge in [0.1, 0.15) is 5.82 Å². The van der Waals surface area contributed by atoms with Crippen molar-refractivity contribution in [3.05, 3.63) is 76.9 Å². The Kier molecular flexibility index (Phi) is 7.26. The molecular formula is C21H21F4N5O3S. The van der Waals surface area contributed by atoms with Crippen LogP contribution < -0.4 is 15.4 Å². The molecule has 0 atom stereocenters. The maximum absolute atomic E-state index is 14.2. The van der Waals surface area contributed by atoms with E-state index in [1.807, 2.05) is 0 Å². The molecule has 1 aromatic heterocycles. The maximum Gasteiger partial charge on any atom is 0.435 e. The minimum Gasteiger partial charge on any atom is -0.332 e. The number of nitrogens with zero attached hydrogens (tertiary/aromatic N) is 2. The average molecular weight is 499 g/mol. The van der Waals surface area contributed by atoms with Crippen LogP contribution in [0.5, 0.6) is 0 Å². The van der Waals surface area contributed by atoms with E-state index in [1.54, 1.807) is 31.2 Å². The van der Waals surface area contributed by atoms with Gasteiger partial charge in [-0.25, -0.2) is 27.0 Å². The highest BCUT2D eigenvalue weighted by atomic mass is 32.2. The van der Waals surface area contributed by atoms with Crippen molar-refractivity contribution in [3.8, 4) is 5.69 Å². The van der Waals surface area contributed by atoms with Crippen molar-refractivity contribution in [2.45, 2.75) is 26.2 Å². The summed E-state index contributed by atoms with van der Waals surface area (Å²) in [5.41, 5.74) is 0.330. The van der Waals surface area contributed by atoms with E-state index in [1.165, 1.54) is 12.1 Å². The Balaban J connectivity index is 1.71. The van der Waals surface area contributed by atoms with E-state index in [4.69, 9.17) is 0 Å². The van der Waals surface area contributed by atoms with Crippen LogP contribution in [-0.2, 0) is 29.3 Å². The number of anilines is 1. The van der Waals surface area contributed by atoms with Crippen LogP contribution in [0.2, 0.25) is 0 Å². The van der Waals surface area contributed by atoms with Gasteiger partial charge in [0.2, 0.25) is 10.0 Å². The first-order chi connectivity index (χ1) is 15.8. The van der Waals surface area contributed by atoms with Gasteiger partial charge in [0.15, 0.2) is 5.69 Å². The number of hydrogen-bond acceptors (Lipinski definition) is 4. The number of aromatic nitrogens is 2. The normalized spacial score (nSPS) is 11.9. The van der Waals surface area contributed by atoms with Crippen LogP contribution in [-0.4, -0.2) is 30.5 Å². The molecule has 34 heavy (non-hydrogen) atoms. The van der Waals surface area contributed by atoms with Gasteiger partial charge in [-0.1, -0.05) is 18.2 Å². The van der Waals surface area contributed by atoms with Crippen molar-refractivity contribution in [1.82, 2.24) is 19.8 Å². The highest BCUT2D eigenvalue weighted by Crippen LogP contribution is 2.29. The number of rotatable bonds is 7. The van der Waals surface area contributed by atoms with E-state index < -0.39 is 33.7 Å². The molecule has 0 bridgehead atoms. The molecular weight excluding hydrogens is 478 g/mol. The first kappa shape index (κ1) is 25.2. The van der Waals surface area contributed by atoms with Gasteiger partial charge in [-0.3, -0.25) is 0 Å². The number of halogens is 4. The molecule has 0 spiro atoms. The number of alkyl halides is 3. The van der Waals surface area contributed by atoms with Crippen LogP contribution in [0, 0.1) is 12.7 Å². The predicted octanol–water partition coefficient (Wildman–Crippen LogP) is 3.71. The fourth-order valence-electron chi connectivity index (χ4n) is 2.99. The van der Waals surface area contributed by atoms with Crippen LogP contribution in [0.1, 0.15) is 22.5 Å². The first-order valence-corrected chi connectivity index (χ1v) is 11.7. The molecule has 0 saturated heterocycles. The summed E-state index contributed by atoms with van der Waals surface area (Å²) in [4.78, 5) is 12.3. The van der Waals surface area contributed by atoms with Gasteiger partial charge < -0.3 is 10.6 Å². The Bertz CT molecular complexity index is 1310. The quantitative estimate of drug-likeness (QED) is 0.431. The SMILES string of the molecule is Cc1cccc(-n2nc(C(F)(F)F)cc2CNC(=O)Nc2ccc(CNS(C)(=O)=O)c(F)c2)c1. The van der Waals surface area contributed by atoms with Gasteiger partial charge in [0.05, 0.1) is 24.2 Å². The van der Waals surface area contributed by atoms with Gasteiger partial charge >= 0.3 is 12.2 Å². The zero-order valence-electron chi connectivity index (χ0n) is 18.1. The summed E-state index contributed by atoms with van der Waals surface area (Å²) in [6.45, 7) is 1.23. The number of carbonyl (C=O) groups is 1. The molecule has 3 aromatic rings. The number of carbonyl (C=O) groups excluding carboxylic acids is 1. The van der Waals surface area contributed by atoms with Gasteiger partial charge in [-0.2, -0.15) is 18.3 Å². The van der Waals surface area contributed by atoms with Crippen LogP contribution in [0.4, 0.5) is 28.0 Å². The van der Waals surface area contributed by atoms with Crippen LogP contribution in [0.25, 0.3) is 5.69 Å². The van der Waals surface area contributed by atoms with E-state index in [0.717, 1.165) is 28.6 Å². The zero-order chi connectivity index (χ0) is 25.1. The fraction of sp³-hybridized carbons (Fsp3) is 0.238. The van der Waals surface area contributed by atoms with Crippen molar-refractivity contribution in [2.75, 3.05) is 11.6 Å². The van der Waals surface area contributed by atoms with E-state index in [-0.39, 0.29) is 30.0 Å². The Morgan fingerprint density at radius 1 is 1.09 bits per heavy atom. The van der Waals surface area contributed by atoms with Crippen molar-refractivity contribution in [3.63, 3.8) is 0 Å². The first-order valence-electron chi connectivity index (χ1n) is 9.83. The Morgan fingerprint density at radius 3 is 2.44 bits per heavy atom. The molecule has 0 aliphatic rings. The third-order valence-corrected chi connectivity index (χ3v) is 5.25. The summed E-state index contributed by atoms with van der Waals surface area (Å²) in [6.07, 6.45) is -3.73. The van der Waals surface area contributed by atoms with Crippen LogP contribution in [0.3, 0.4) is 0 Å². The Labute approximate surface area is 193 Å². The van der Waals surface area contributed by atoms with Gasteiger partial charge in [0.25, 0.3) is 0 Å². The lowest BCUT2D eigenvalue weighted by Crippen LogP contribution is -2.29. The minimum absolute atomic E-state index is 0.0677. The van der Waals surface area contributed by atoms with Gasteiger partial charge in [0, 0.05) is 17.8 Å². The van der Waals surface area contributed by atoms with Crippen molar-refractivity contribution in [2.24, 2.45) is 0 Å². The largest absolute Gasteiger partial charge is 0.435 e. The molecule has 3 N–H and O–H groups in total. The second kappa shape index (κ2) is 9.81. The van der Waals surface area contributed by atoms with Crippen molar-refractivity contribution in [1.29, 1.82) is 0 Å². The van der Waals surface area contributed by atoms with E-state index in [9.17, 15) is 30.8 Å². The molecule has 3 rings (SSSR count). The second-order valence-electron chi connectivity index (χ2n) is 7.48. The summed E-state index contributed by atoms with van der Waals surface area (Å²) in [7, 11) is -3.51. The Hall–Kier alpha value is -3.45. The zero-order valence-corrected chi connectivity index (χ0v) is 18.9. The molecule has 0 fully saturated rings. The smallest absolute Gasteiger partial charge is 0.332 e. The molecule has 8 nitrogen and oxygen atoms in total. The van der Waals surface area contributed by atoms with E-state index in [0.29, 0.717) is 5.69 Å². The summed E-state index contributed by atoms with van der Waals surface area (Å²) in [5.74, 6) is -0.749. The summed E-state index contributed by atoms with van der Waals surface area (Å²) in [5, 5.41) is 8.43. The molecule has 13 heteroatoms. The third-order valence-electron chi connectivity index (χ3n) is 4.59. The molecule has 0 radical (unpaired) electrons. The number of nitrogens with one attached hydrogen (secondary N) is 3. The van der Waals surface area contributed by atoms with Gasteiger partial charge in [-0.05, 0) is 42.8 Å². The minimum atomic E-state index is -4.67. The molecule has 1 heterocycles. The molecule has 0 aliphatic carbocycles. The predicted molar refractivity (Wildman–Crippen MR) is 117 cm³/mol.